The van der Waals surface area contributed by atoms with E-state index in [4.69, 9.17) is 4.74 Å². The molecule has 0 saturated heterocycles. The molecule has 0 fully saturated rings. The van der Waals surface area contributed by atoms with Gasteiger partial charge in [0.15, 0.2) is 5.75 Å². The van der Waals surface area contributed by atoms with Crippen molar-refractivity contribution in [3.05, 3.63) is 42.2 Å². The monoisotopic (exact) mass is 273 g/mol. The van der Waals surface area contributed by atoms with Gasteiger partial charge >= 0.3 is 0 Å². The second-order valence-corrected chi connectivity index (χ2v) is 5.17. The SMILES string of the molecule is CCC(NC)c1ccc(Oc2cnn(C(C)C)c2)cc1. The Kier molecular flexibility index (Phi) is 4.79. The van der Waals surface area contributed by atoms with Gasteiger partial charge < -0.3 is 10.1 Å². The summed E-state index contributed by atoms with van der Waals surface area (Å²) in [7, 11) is 1.99. The minimum Gasteiger partial charge on any atom is -0.454 e. The first-order valence-electron chi connectivity index (χ1n) is 7.13. The van der Waals surface area contributed by atoms with E-state index in [0.29, 0.717) is 12.1 Å². The summed E-state index contributed by atoms with van der Waals surface area (Å²) in [5.41, 5.74) is 1.28. The summed E-state index contributed by atoms with van der Waals surface area (Å²) < 4.78 is 7.69. The average Bonchev–Trinajstić information content (AvgIpc) is 2.91. The molecule has 0 bridgehead atoms. The van der Waals surface area contributed by atoms with Crippen LogP contribution in [0.1, 0.15) is 44.8 Å². The Morgan fingerprint density at radius 2 is 1.90 bits per heavy atom. The summed E-state index contributed by atoms with van der Waals surface area (Å²) in [4.78, 5) is 0. The Morgan fingerprint density at radius 1 is 1.20 bits per heavy atom. The van der Waals surface area contributed by atoms with E-state index in [1.165, 1.54) is 5.56 Å². The molecule has 1 heterocycles. The Bertz CT molecular complexity index is 527. The number of hydrogen-bond donors (Lipinski definition) is 1. The van der Waals surface area contributed by atoms with Crippen LogP contribution in [0, 0.1) is 0 Å². The number of nitrogens with one attached hydrogen (secondary N) is 1. The first kappa shape index (κ1) is 14.6. The van der Waals surface area contributed by atoms with E-state index in [2.05, 4.69) is 43.3 Å². The normalized spacial score (nSPS) is 12.7. The van der Waals surface area contributed by atoms with E-state index in [1.807, 2.05) is 30.1 Å². The maximum atomic E-state index is 5.81. The van der Waals surface area contributed by atoms with Crippen LogP contribution in [0.15, 0.2) is 36.7 Å². The van der Waals surface area contributed by atoms with Gasteiger partial charge in [0.05, 0.1) is 12.4 Å². The third-order valence-corrected chi connectivity index (χ3v) is 3.38. The zero-order chi connectivity index (χ0) is 14.5. The van der Waals surface area contributed by atoms with Crippen molar-refractivity contribution in [2.75, 3.05) is 7.05 Å². The molecule has 1 aromatic heterocycles. The van der Waals surface area contributed by atoms with Gasteiger partial charge in [0.1, 0.15) is 5.75 Å². The van der Waals surface area contributed by atoms with Crippen molar-refractivity contribution in [3.63, 3.8) is 0 Å². The van der Waals surface area contributed by atoms with Crippen LogP contribution in [0.5, 0.6) is 11.5 Å². The molecule has 4 nitrogen and oxygen atoms in total. The Balaban J connectivity index is 2.06. The number of aromatic nitrogens is 2. The lowest BCUT2D eigenvalue weighted by Gasteiger charge is -2.14. The van der Waals surface area contributed by atoms with Gasteiger partial charge in [0.2, 0.25) is 0 Å². The molecule has 0 amide bonds. The molecule has 1 N–H and O–H groups in total. The predicted octanol–water partition coefficient (Wildman–Crippen LogP) is 3.93. The Morgan fingerprint density at radius 3 is 2.40 bits per heavy atom. The van der Waals surface area contributed by atoms with Crippen molar-refractivity contribution < 1.29 is 4.74 Å². The molecule has 0 saturated carbocycles. The average molecular weight is 273 g/mol. The molecule has 1 aromatic carbocycles. The lowest BCUT2D eigenvalue weighted by atomic mass is 10.1. The zero-order valence-electron chi connectivity index (χ0n) is 12.6. The maximum absolute atomic E-state index is 5.81. The second kappa shape index (κ2) is 6.57. The summed E-state index contributed by atoms with van der Waals surface area (Å²) in [5.74, 6) is 1.61. The van der Waals surface area contributed by atoms with E-state index < -0.39 is 0 Å². The third kappa shape index (κ3) is 3.39. The van der Waals surface area contributed by atoms with E-state index in [9.17, 15) is 0 Å². The van der Waals surface area contributed by atoms with Crippen molar-refractivity contribution in [2.24, 2.45) is 0 Å². The highest BCUT2D eigenvalue weighted by atomic mass is 16.5. The highest BCUT2D eigenvalue weighted by Crippen LogP contribution is 2.24. The second-order valence-electron chi connectivity index (χ2n) is 5.17. The fourth-order valence-electron chi connectivity index (χ4n) is 2.17. The van der Waals surface area contributed by atoms with Gasteiger partial charge in [-0.3, -0.25) is 4.68 Å². The van der Waals surface area contributed by atoms with E-state index in [1.54, 1.807) is 6.20 Å². The Hall–Kier alpha value is -1.81. The molecule has 108 valence electrons. The molecule has 0 spiro atoms. The van der Waals surface area contributed by atoms with Gasteiger partial charge in [0.25, 0.3) is 0 Å². The van der Waals surface area contributed by atoms with Crippen LogP contribution < -0.4 is 10.1 Å². The molecule has 2 aromatic rings. The largest absolute Gasteiger partial charge is 0.454 e. The summed E-state index contributed by atoms with van der Waals surface area (Å²) in [5, 5.41) is 7.56. The van der Waals surface area contributed by atoms with Gasteiger partial charge in [0, 0.05) is 12.1 Å². The molecule has 0 radical (unpaired) electrons. The smallest absolute Gasteiger partial charge is 0.165 e. The predicted molar refractivity (Wildman–Crippen MR) is 81.2 cm³/mol. The van der Waals surface area contributed by atoms with Crippen LogP contribution in [0.2, 0.25) is 0 Å². The van der Waals surface area contributed by atoms with Crippen LogP contribution in [-0.2, 0) is 0 Å². The summed E-state index contributed by atoms with van der Waals surface area (Å²) >= 11 is 0. The Labute approximate surface area is 120 Å². The van der Waals surface area contributed by atoms with Crippen LogP contribution in [0.25, 0.3) is 0 Å². The topological polar surface area (TPSA) is 39.1 Å². The molecule has 4 heteroatoms. The summed E-state index contributed by atoms with van der Waals surface area (Å²) in [6.45, 7) is 6.36. The van der Waals surface area contributed by atoms with Crippen molar-refractivity contribution in [3.8, 4) is 11.5 Å². The van der Waals surface area contributed by atoms with Crippen molar-refractivity contribution in [2.45, 2.75) is 39.3 Å². The van der Waals surface area contributed by atoms with Crippen molar-refractivity contribution >= 4 is 0 Å². The molecular formula is C16H23N3O. The molecule has 2 rings (SSSR count). The molecule has 1 atom stereocenters. The molecule has 0 aliphatic rings. The molecule has 20 heavy (non-hydrogen) atoms. The van der Waals surface area contributed by atoms with E-state index in [0.717, 1.165) is 17.9 Å². The lowest BCUT2D eigenvalue weighted by Crippen LogP contribution is -2.14. The van der Waals surface area contributed by atoms with Gasteiger partial charge in [-0.05, 0) is 45.0 Å². The fourth-order valence-corrected chi connectivity index (χ4v) is 2.17. The lowest BCUT2D eigenvalue weighted by molar-refractivity contribution is 0.476. The quantitative estimate of drug-likeness (QED) is 0.866. The van der Waals surface area contributed by atoms with Crippen LogP contribution in [0.3, 0.4) is 0 Å². The highest BCUT2D eigenvalue weighted by molar-refractivity contribution is 5.32. The van der Waals surface area contributed by atoms with Gasteiger partial charge in [-0.25, -0.2) is 0 Å². The third-order valence-electron chi connectivity index (χ3n) is 3.38. The standard InChI is InChI=1S/C16H23N3O/c1-5-16(17-4)13-6-8-14(9-7-13)20-15-10-18-19(11-15)12(2)3/h6-12,16-17H,5H2,1-4H3. The number of benzene rings is 1. The van der Waals surface area contributed by atoms with Crippen molar-refractivity contribution in [1.29, 1.82) is 0 Å². The van der Waals surface area contributed by atoms with E-state index in [-0.39, 0.29) is 0 Å². The van der Waals surface area contributed by atoms with Gasteiger partial charge in [-0.15, -0.1) is 0 Å². The number of hydrogen-bond acceptors (Lipinski definition) is 3. The first-order valence-corrected chi connectivity index (χ1v) is 7.13. The van der Waals surface area contributed by atoms with Gasteiger partial charge in [-0.2, -0.15) is 5.10 Å². The summed E-state index contributed by atoms with van der Waals surface area (Å²) in [6.07, 6.45) is 4.73. The van der Waals surface area contributed by atoms with Crippen molar-refractivity contribution in [1.82, 2.24) is 15.1 Å². The number of ether oxygens (including phenoxy) is 1. The zero-order valence-corrected chi connectivity index (χ0v) is 12.6. The molecule has 1 unspecified atom stereocenters. The minimum absolute atomic E-state index is 0.343. The highest BCUT2D eigenvalue weighted by Gasteiger charge is 2.07. The molecule has 0 aliphatic heterocycles. The van der Waals surface area contributed by atoms with Gasteiger partial charge in [-0.1, -0.05) is 19.1 Å². The maximum Gasteiger partial charge on any atom is 0.165 e. The number of rotatable bonds is 6. The summed E-state index contributed by atoms with van der Waals surface area (Å²) in [6, 6.07) is 8.95. The molecular weight excluding hydrogens is 250 g/mol. The van der Waals surface area contributed by atoms with E-state index >= 15 is 0 Å². The number of nitrogens with zero attached hydrogens (tertiary/aromatic N) is 2. The fraction of sp³-hybridized carbons (Fsp3) is 0.438. The van der Waals surface area contributed by atoms with Crippen LogP contribution >= 0.6 is 0 Å². The van der Waals surface area contributed by atoms with Crippen LogP contribution in [0.4, 0.5) is 0 Å². The van der Waals surface area contributed by atoms with Crippen LogP contribution in [-0.4, -0.2) is 16.8 Å². The molecule has 0 aliphatic carbocycles. The minimum atomic E-state index is 0.343. The first-order chi connectivity index (χ1) is 9.63.